The summed E-state index contributed by atoms with van der Waals surface area (Å²) in [7, 11) is 0. The van der Waals surface area contributed by atoms with E-state index in [4.69, 9.17) is 9.47 Å². The number of carbonyl (C=O) groups excluding carboxylic acids is 1. The first-order chi connectivity index (χ1) is 12.9. The SMILES string of the molecule is C=C[C@@]1(C)CC[C@@H]([C@H](C)C(=O)CC=C(C)C)O1.CC12CCC(CC1)C(C)(C)O2. The molecule has 3 aliphatic heterocycles. The highest BCUT2D eigenvalue weighted by molar-refractivity contribution is 5.82. The predicted molar refractivity (Wildman–Crippen MR) is 116 cm³/mol. The van der Waals surface area contributed by atoms with E-state index in [1.54, 1.807) is 0 Å². The normalized spacial score (nSPS) is 36.8. The first-order valence-corrected chi connectivity index (χ1v) is 11.1. The molecule has 0 radical (unpaired) electrons. The van der Waals surface area contributed by atoms with Crippen molar-refractivity contribution in [1.82, 2.24) is 0 Å². The van der Waals surface area contributed by atoms with Crippen LogP contribution in [0.2, 0.25) is 0 Å². The summed E-state index contributed by atoms with van der Waals surface area (Å²) in [4.78, 5) is 12.0. The van der Waals surface area contributed by atoms with Crippen molar-refractivity contribution in [2.45, 2.75) is 116 Å². The van der Waals surface area contributed by atoms with Gasteiger partial charge in [0.1, 0.15) is 5.78 Å². The number of hydrogen-bond acceptors (Lipinski definition) is 3. The van der Waals surface area contributed by atoms with Crippen LogP contribution >= 0.6 is 0 Å². The summed E-state index contributed by atoms with van der Waals surface area (Å²) in [5, 5.41) is 0. The van der Waals surface area contributed by atoms with E-state index in [-0.39, 0.29) is 34.6 Å². The van der Waals surface area contributed by atoms with Gasteiger partial charge in [-0.15, -0.1) is 6.58 Å². The van der Waals surface area contributed by atoms with Crippen LogP contribution in [0.4, 0.5) is 0 Å². The van der Waals surface area contributed by atoms with Crippen molar-refractivity contribution in [1.29, 1.82) is 0 Å². The molecule has 2 bridgehead atoms. The lowest BCUT2D eigenvalue weighted by Crippen LogP contribution is -2.53. The molecule has 3 atom stereocenters. The molecule has 0 aromatic heterocycles. The van der Waals surface area contributed by atoms with Crippen LogP contribution in [-0.4, -0.2) is 28.7 Å². The van der Waals surface area contributed by atoms with Crippen LogP contribution in [-0.2, 0) is 14.3 Å². The standard InChI is InChI=1S/C15H24O2.C10H18O/c1-6-15(5)10-9-14(17-15)12(4)13(16)8-7-11(2)3;1-9(2)8-4-6-10(3,11-9)7-5-8/h6-7,12,14H,1,8-10H2,2-5H3;8H,4-7H2,1-3H3/t12-,14+,15+;/m1./s1. The third kappa shape index (κ3) is 5.79. The van der Waals surface area contributed by atoms with Gasteiger partial charge in [0.05, 0.1) is 22.9 Å². The molecular weight excluding hydrogens is 348 g/mol. The fourth-order valence-electron chi connectivity index (χ4n) is 4.84. The molecule has 0 N–H and O–H groups in total. The van der Waals surface area contributed by atoms with E-state index in [9.17, 15) is 4.79 Å². The van der Waals surface area contributed by atoms with Crippen molar-refractivity contribution in [2.24, 2.45) is 11.8 Å². The molecule has 0 aromatic carbocycles. The minimum absolute atomic E-state index is 0.0209. The summed E-state index contributed by atoms with van der Waals surface area (Å²) in [6.07, 6.45) is 11.6. The molecule has 3 heteroatoms. The Morgan fingerprint density at radius 3 is 2.11 bits per heavy atom. The Bertz CT molecular complexity index is 588. The van der Waals surface area contributed by atoms with Crippen LogP contribution in [0.25, 0.3) is 0 Å². The molecule has 1 saturated carbocycles. The van der Waals surface area contributed by atoms with Gasteiger partial charge in [-0.3, -0.25) is 4.79 Å². The van der Waals surface area contributed by atoms with E-state index in [1.807, 2.05) is 39.8 Å². The Morgan fingerprint density at radius 1 is 1.11 bits per heavy atom. The Labute approximate surface area is 172 Å². The van der Waals surface area contributed by atoms with Gasteiger partial charge >= 0.3 is 0 Å². The van der Waals surface area contributed by atoms with E-state index >= 15 is 0 Å². The molecule has 1 aliphatic carbocycles. The number of ether oxygens (including phenoxy) is 2. The summed E-state index contributed by atoms with van der Waals surface area (Å²) in [6.45, 7) is 18.6. The topological polar surface area (TPSA) is 35.5 Å². The minimum Gasteiger partial charge on any atom is -0.369 e. The molecule has 4 fully saturated rings. The highest BCUT2D eigenvalue weighted by Gasteiger charge is 2.48. The zero-order valence-electron chi connectivity index (χ0n) is 19.3. The first-order valence-electron chi connectivity index (χ1n) is 11.1. The van der Waals surface area contributed by atoms with Gasteiger partial charge in [0.2, 0.25) is 0 Å². The Balaban J connectivity index is 0.000000218. The molecule has 0 amide bonds. The second kappa shape index (κ2) is 8.83. The summed E-state index contributed by atoms with van der Waals surface area (Å²) in [5.41, 5.74) is 1.33. The van der Waals surface area contributed by atoms with Gasteiger partial charge in [-0.2, -0.15) is 0 Å². The first kappa shape index (κ1) is 23.3. The van der Waals surface area contributed by atoms with E-state index in [0.29, 0.717) is 6.42 Å². The third-order valence-electron chi connectivity index (χ3n) is 7.09. The lowest BCUT2D eigenvalue weighted by atomic mass is 9.69. The summed E-state index contributed by atoms with van der Waals surface area (Å²) in [6, 6.07) is 0. The van der Waals surface area contributed by atoms with Crippen LogP contribution in [0.3, 0.4) is 0 Å². The molecule has 3 heterocycles. The van der Waals surface area contributed by atoms with Gasteiger partial charge in [0.15, 0.2) is 0 Å². The minimum atomic E-state index is -0.240. The smallest absolute Gasteiger partial charge is 0.142 e. The van der Waals surface area contributed by atoms with E-state index < -0.39 is 0 Å². The molecule has 160 valence electrons. The van der Waals surface area contributed by atoms with E-state index in [1.165, 1.54) is 31.3 Å². The maximum atomic E-state index is 12.0. The molecule has 28 heavy (non-hydrogen) atoms. The van der Waals surface area contributed by atoms with Gasteiger partial charge in [0.25, 0.3) is 0 Å². The maximum Gasteiger partial charge on any atom is 0.142 e. The number of hydrogen-bond donors (Lipinski definition) is 0. The van der Waals surface area contributed by atoms with Gasteiger partial charge in [0, 0.05) is 12.3 Å². The molecular formula is C25H42O3. The maximum absolute atomic E-state index is 12.0. The number of fused-ring (bicyclic) bond motifs is 3. The molecule has 0 spiro atoms. The number of Topliss-reactive ketones (excluding diaryl/α,β-unsaturated/α-hetero) is 1. The zero-order chi connectivity index (χ0) is 21.2. The van der Waals surface area contributed by atoms with Crippen LogP contribution < -0.4 is 0 Å². The fourth-order valence-corrected chi connectivity index (χ4v) is 4.84. The Morgan fingerprint density at radius 2 is 1.71 bits per heavy atom. The second-order valence-corrected chi connectivity index (χ2v) is 10.4. The Kier molecular flexibility index (Phi) is 7.37. The van der Waals surface area contributed by atoms with Gasteiger partial charge < -0.3 is 9.47 Å². The van der Waals surface area contributed by atoms with Crippen LogP contribution in [0, 0.1) is 11.8 Å². The largest absolute Gasteiger partial charge is 0.369 e. The van der Waals surface area contributed by atoms with Crippen molar-refractivity contribution in [3.05, 3.63) is 24.3 Å². The third-order valence-corrected chi connectivity index (χ3v) is 7.09. The fraction of sp³-hybridized carbons (Fsp3) is 0.800. The average Bonchev–Trinajstić information content (AvgIpc) is 3.01. The second-order valence-electron chi connectivity index (χ2n) is 10.4. The molecule has 4 aliphatic rings. The van der Waals surface area contributed by atoms with Gasteiger partial charge in [-0.25, -0.2) is 0 Å². The van der Waals surface area contributed by atoms with Crippen molar-refractivity contribution in [2.75, 3.05) is 0 Å². The number of ketones is 1. The lowest BCUT2D eigenvalue weighted by Gasteiger charge is -2.54. The quantitative estimate of drug-likeness (QED) is 0.508. The number of carbonyl (C=O) groups is 1. The van der Waals surface area contributed by atoms with Crippen LogP contribution in [0.15, 0.2) is 24.3 Å². The average molecular weight is 391 g/mol. The molecule has 0 aromatic rings. The van der Waals surface area contributed by atoms with Crippen molar-refractivity contribution in [3.63, 3.8) is 0 Å². The van der Waals surface area contributed by atoms with Gasteiger partial charge in [-0.1, -0.05) is 24.6 Å². The van der Waals surface area contributed by atoms with Crippen molar-refractivity contribution < 1.29 is 14.3 Å². The summed E-state index contributed by atoms with van der Waals surface area (Å²) in [5.74, 6) is 1.07. The van der Waals surface area contributed by atoms with E-state index in [0.717, 1.165) is 18.8 Å². The van der Waals surface area contributed by atoms with Crippen LogP contribution in [0.1, 0.15) is 93.4 Å². The zero-order valence-corrected chi connectivity index (χ0v) is 19.3. The molecule has 3 saturated heterocycles. The molecule has 0 unspecified atom stereocenters. The number of rotatable bonds is 5. The predicted octanol–water partition coefficient (Wildman–Crippen LogP) is 6.42. The molecule has 4 rings (SSSR count). The number of allylic oxidation sites excluding steroid dienone is 2. The molecule has 3 nitrogen and oxygen atoms in total. The van der Waals surface area contributed by atoms with E-state index in [2.05, 4.69) is 27.4 Å². The van der Waals surface area contributed by atoms with Gasteiger partial charge in [-0.05, 0) is 86.0 Å². The summed E-state index contributed by atoms with van der Waals surface area (Å²) < 4.78 is 12.0. The van der Waals surface area contributed by atoms with Crippen LogP contribution in [0.5, 0.6) is 0 Å². The van der Waals surface area contributed by atoms with Crippen molar-refractivity contribution >= 4 is 5.78 Å². The van der Waals surface area contributed by atoms with Crippen molar-refractivity contribution in [3.8, 4) is 0 Å². The summed E-state index contributed by atoms with van der Waals surface area (Å²) >= 11 is 0. The Hall–Kier alpha value is -0.930. The highest BCUT2D eigenvalue weighted by atomic mass is 16.5. The lowest BCUT2D eigenvalue weighted by molar-refractivity contribution is -0.229. The monoisotopic (exact) mass is 390 g/mol. The highest BCUT2D eigenvalue weighted by Crippen LogP contribution is 2.49.